The van der Waals surface area contributed by atoms with Crippen molar-refractivity contribution in [3.8, 4) is 10.6 Å². The summed E-state index contributed by atoms with van der Waals surface area (Å²) in [7, 11) is 0. The first-order valence-corrected chi connectivity index (χ1v) is 9.01. The van der Waals surface area contributed by atoms with Crippen LogP contribution in [0.25, 0.3) is 21.6 Å². The Balaban J connectivity index is 1.81. The second-order valence-electron chi connectivity index (χ2n) is 6.01. The van der Waals surface area contributed by atoms with Crippen LogP contribution in [0.15, 0.2) is 36.5 Å². The van der Waals surface area contributed by atoms with Gasteiger partial charge in [-0.2, -0.15) is 5.10 Å². The fraction of sp³-hybridized carbons (Fsp3) is 0.294. The average Bonchev–Trinajstić information content (AvgIpc) is 3.29. The van der Waals surface area contributed by atoms with Crippen LogP contribution in [0.3, 0.4) is 0 Å². The molecule has 0 bridgehead atoms. The van der Waals surface area contributed by atoms with Crippen LogP contribution in [0, 0.1) is 0 Å². The van der Waals surface area contributed by atoms with Gasteiger partial charge in [-0.25, -0.2) is 14.6 Å². The van der Waals surface area contributed by atoms with Gasteiger partial charge in [0.15, 0.2) is 5.65 Å². The number of carbonyl (C=O) groups is 1. The number of nitrogen functional groups attached to an aromatic ring is 1. The molecule has 1 fully saturated rings. The van der Waals surface area contributed by atoms with Crippen molar-refractivity contribution in [3.63, 3.8) is 0 Å². The Morgan fingerprint density at radius 2 is 2.32 bits per heavy atom. The lowest BCUT2D eigenvalue weighted by Crippen LogP contribution is -2.40. The van der Waals surface area contributed by atoms with E-state index in [0.717, 1.165) is 35.3 Å². The smallest absolute Gasteiger partial charge is 0.246 e. The molecule has 0 spiro atoms. The molecule has 0 aromatic carbocycles. The lowest BCUT2D eigenvalue weighted by Gasteiger charge is -2.32. The van der Waals surface area contributed by atoms with E-state index in [1.54, 1.807) is 11.3 Å². The highest BCUT2D eigenvalue weighted by molar-refractivity contribution is 7.13. The Hall–Kier alpha value is -2.74. The first-order chi connectivity index (χ1) is 12.2. The molecule has 1 atom stereocenters. The molecule has 1 aliphatic rings. The first kappa shape index (κ1) is 15.8. The topological polar surface area (TPSA) is 89.9 Å². The molecule has 4 rings (SSSR count). The molecule has 1 aliphatic heterocycles. The van der Waals surface area contributed by atoms with E-state index in [-0.39, 0.29) is 11.9 Å². The van der Waals surface area contributed by atoms with Gasteiger partial charge in [0.2, 0.25) is 5.91 Å². The summed E-state index contributed by atoms with van der Waals surface area (Å²) in [6.45, 7) is 4.92. The maximum atomic E-state index is 12.0. The number of fused-ring (bicyclic) bond motifs is 1. The van der Waals surface area contributed by atoms with Crippen molar-refractivity contribution in [1.29, 1.82) is 0 Å². The minimum absolute atomic E-state index is 0.0474. The number of rotatable bonds is 3. The van der Waals surface area contributed by atoms with Crippen LogP contribution in [0.1, 0.15) is 18.9 Å². The third kappa shape index (κ3) is 2.68. The summed E-state index contributed by atoms with van der Waals surface area (Å²) in [5, 5.41) is 7.60. The van der Waals surface area contributed by atoms with Crippen LogP contribution in [0.5, 0.6) is 0 Å². The van der Waals surface area contributed by atoms with Crippen molar-refractivity contribution < 1.29 is 4.79 Å². The van der Waals surface area contributed by atoms with Gasteiger partial charge in [0, 0.05) is 13.1 Å². The van der Waals surface area contributed by atoms with Gasteiger partial charge in [-0.3, -0.25) is 4.79 Å². The summed E-state index contributed by atoms with van der Waals surface area (Å²) in [5.74, 6) is 0.378. The predicted molar refractivity (Wildman–Crippen MR) is 98.1 cm³/mol. The maximum Gasteiger partial charge on any atom is 0.246 e. The highest BCUT2D eigenvalue weighted by atomic mass is 32.1. The molecule has 1 saturated heterocycles. The van der Waals surface area contributed by atoms with Gasteiger partial charge in [-0.1, -0.05) is 12.6 Å². The number of anilines is 1. The summed E-state index contributed by atoms with van der Waals surface area (Å²) in [6.07, 6.45) is 4.68. The van der Waals surface area contributed by atoms with Crippen LogP contribution < -0.4 is 5.73 Å². The average molecular weight is 354 g/mol. The summed E-state index contributed by atoms with van der Waals surface area (Å²) in [6, 6.07) is 4.05. The van der Waals surface area contributed by atoms with Crippen LogP contribution in [0.4, 0.5) is 5.82 Å². The van der Waals surface area contributed by atoms with Crippen LogP contribution in [-0.2, 0) is 4.79 Å². The van der Waals surface area contributed by atoms with E-state index in [9.17, 15) is 4.79 Å². The number of hydrogen-bond donors (Lipinski definition) is 1. The molecule has 0 unspecified atom stereocenters. The number of aromatic nitrogens is 4. The van der Waals surface area contributed by atoms with Crippen molar-refractivity contribution in [2.24, 2.45) is 0 Å². The van der Waals surface area contributed by atoms with Crippen molar-refractivity contribution in [2.75, 3.05) is 18.8 Å². The first-order valence-electron chi connectivity index (χ1n) is 8.13. The number of carbonyl (C=O) groups excluding carboxylic acids is 1. The Kier molecular flexibility index (Phi) is 3.96. The lowest BCUT2D eigenvalue weighted by molar-refractivity contribution is -0.127. The number of nitrogens with two attached hydrogens (primary N) is 1. The SMILES string of the molecule is C=CC(=O)N1CCC[C@@H](n2nc(-c3cccs3)c3c(N)ncnc32)C1. The molecule has 1 amide bonds. The van der Waals surface area contributed by atoms with E-state index < -0.39 is 0 Å². The van der Waals surface area contributed by atoms with Crippen LogP contribution in [-0.4, -0.2) is 43.6 Å². The predicted octanol–water partition coefficient (Wildman–Crippen LogP) is 2.49. The molecule has 3 aromatic heterocycles. The highest BCUT2D eigenvalue weighted by Crippen LogP contribution is 2.35. The third-order valence-corrected chi connectivity index (χ3v) is 5.38. The fourth-order valence-corrected chi connectivity index (χ4v) is 4.03. The minimum atomic E-state index is -0.0474. The molecule has 0 aliphatic carbocycles. The summed E-state index contributed by atoms with van der Waals surface area (Å²) < 4.78 is 1.91. The zero-order valence-corrected chi connectivity index (χ0v) is 14.4. The second-order valence-corrected chi connectivity index (χ2v) is 6.96. The number of nitrogens with zero attached hydrogens (tertiary/aromatic N) is 5. The van der Waals surface area contributed by atoms with Crippen LogP contribution in [0.2, 0.25) is 0 Å². The molecule has 8 heteroatoms. The van der Waals surface area contributed by atoms with E-state index in [1.165, 1.54) is 12.4 Å². The van der Waals surface area contributed by atoms with Crippen molar-refractivity contribution >= 4 is 34.1 Å². The van der Waals surface area contributed by atoms with Gasteiger partial charge in [0.05, 0.1) is 16.3 Å². The van der Waals surface area contributed by atoms with Crippen LogP contribution >= 0.6 is 11.3 Å². The van der Waals surface area contributed by atoms with Gasteiger partial charge in [0.1, 0.15) is 17.8 Å². The third-order valence-electron chi connectivity index (χ3n) is 4.50. The monoisotopic (exact) mass is 354 g/mol. The number of hydrogen-bond acceptors (Lipinski definition) is 6. The Labute approximate surface area is 148 Å². The van der Waals surface area contributed by atoms with Crippen molar-refractivity contribution in [1.82, 2.24) is 24.6 Å². The van der Waals surface area contributed by atoms with Crippen molar-refractivity contribution in [2.45, 2.75) is 18.9 Å². The Morgan fingerprint density at radius 1 is 1.44 bits per heavy atom. The molecule has 128 valence electrons. The van der Waals surface area contributed by atoms with Gasteiger partial charge < -0.3 is 10.6 Å². The zero-order valence-electron chi connectivity index (χ0n) is 13.6. The molecular weight excluding hydrogens is 336 g/mol. The quantitative estimate of drug-likeness (QED) is 0.730. The second kappa shape index (κ2) is 6.29. The normalized spacial score (nSPS) is 17.8. The highest BCUT2D eigenvalue weighted by Gasteiger charge is 2.28. The Morgan fingerprint density at radius 3 is 3.08 bits per heavy atom. The summed E-state index contributed by atoms with van der Waals surface area (Å²) >= 11 is 1.60. The zero-order chi connectivity index (χ0) is 17.4. The molecule has 3 aromatic rings. The van der Waals surface area contributed by atoms with Crippen molar-refractivity contribution in [3.05, 3.63) is 36.5 Å². The molecule has 4 heterocycles. The fourth-order valence-electron chi connectivity index (χ4n) is 3.32. The molecule has 7 nitrogen and oxygen atoms in total. The Bertz CT molecular complexity index is 932. The largest absolute Gasteiger partial charge is 0.383 e. The van der Waals surface area contributed by atoms with E-state index >= 15 is 0 Å². The van der Waals surface area contributed by atoms with Gasteiger partial charge in [0.25, 0.3) is 0 Å². The van der Waals surface area contributed by atoms with E-state index in [4.69, 9.17) is 10.8 Å². The van der Waals surface area contributed by atoms with Gasteiger partial charge in [-0.15, -0.1) is 11.3 Å². The summed E-state index contributed by atoms with van der Waals surface area (Å²) in [4.78, 5) is 23.4. The molecule has 25 heavy (non-hydrogen) atoms. The molecule has 2 N–H and O–H groups in total. The number of amides is 1. The standard InChI is InChI=1S/C17H18N6OS/c1-2-13(24)22-7-3-5-11(9-22)23-17-14(16(18)19-10-20-17)15(21-23)12-6-4-8-25-12/h2,4,6,8,10-11H,1,3,5,7,9H2,(H2,18,19,20)/t11-/m1/s1. The number of likely N-dealkylation sites (tertiary alicyclic amines) is 1. The number of piperidine rings is 1. The lowest BCUT2D eigenvalue weighted by atomic mass is 10.1. The molecular formula is C17H18N6OS. The number of thiophene rings is 1. The maximum absolute atomic E-state index is 12.0. The van der Waals surface area contributed by atoms with Gasteiger partial charge >= 0.3 is 0 Å². The van der Waals surface area contributed by atoms with E-state index in [1.807, 2.05) is 27.1 Å². The van der Waals surface area contributed by atoms with Gasteiger partial charge in [-0.05, 0) is 30.4 Å². The summed E-state index contributed by atoms with van der Waals surface area (Å²) in [5.41, 5.74) is 7.64. The molecule has 0 radical (unpaired) electrons. The van der Waals surface area contributed by atoms with E-state index in [2.05, 4.69) is 16.5 Å². The van der Waals surface area contributed by atoms with E-state index in [0.29, 0.717) is 18.0 Å². The molecule has 0 saturated carbocycles. The minimum Gasteiger partial charge on any atom is -0.383 e.